The van der Waals surface area contributed by atoms with Crippen molar-refractivity contribution in [2.45, 2.75) is 51.5 Å². The van der Waals surface area contributed by atoms with Crippen LogP contribution in [0.1, 0.15) is 27.7 Å². The molecule has 2 aromatic rings. The van der Waals surface area contributed by atoms with Gasteiger partial charge in [-0.3, -0.25) is 0 Å². The fourth-order valence-corrected chi connectivity index (χ4v) is 2.71. The lowest BCUT2D eigenvalue weighted by Gasteiger charge is -2.16. The van der Waals surface area contributed by atoms with E-state index in [0.29, 0.717) is 42.5 Å². The molecule has 5 N–H and O–H groups in total. The number of anilines is 2. The van der Waals surface area contributed by atoms with Gasteiger partial charge in [-0.1, -0.05) is 11.6 Å². The molecule has 2 fully saturated rings. The third-order valence-electron chi connectivity index (χ3n) is 4.07. The molecule has 2 atom stereocenters. The molecule has 184 valence electrons. The minimum atomic E-state index is -0.527. The van der Waals surface area contributed by atoms with E-state index in [1.807, 2.05) is 27.7 Å². The molecule has 4 rings (SSSR count). The highest BCUT2D eigenvalue weighted by molar-refractivity contribution is 6.29. The number of nitrogens with zero attached hydrogens (tertiary/aromatic N) is 4. The van der Waals surface area contributed by atoms with Crippen LogP contribution in [0.15, 0.2) is 24.3 Å². The lowest BCUT2D eigenvalue weighted by molar-refractivity contribution is -0.142. The van der Waals surface area contributed by atoms with Crippen molar-refractivity contribution >= 4 is 23.2 Å². The fraction of sp³-hybridized carbons (Fsp3) is 0.600. The average molecular weight is 487 g/mol. The maximum atomic E-state index is 8.59. The number of aliphatic hydroxyl groups is 1. The summed E-state index contributed by atoms with van der Waals surface area (Å²) < 4.78 is 26.8. The molecule has 2 aliphatic heterocycles. The molecule has 13 heteroatoms. The Morgan fingerprint density at radius 2 is 1.45 bits per heavy atom. The third kappa shape index (κ3) is 10.4. The van der Waals surface area contributed by atoms with Gasteiger partial charge in [-0.2, -0.15) is 0 Å². The van der Waals surface area contributed by atoms with E-state index in [1.165, 1.54) is 0 Å². The standard InChI is InChI=1S/C10H15N3O3.C6H12O3.C4H4ClN3/c1-10(2)15-6-7(16-10)5-14-9-4-3-8(11)12-13-9;1-6(2)8-4-5(3-7)9-6;5-3-1-2-4(6)8-7-3/h3-4,7H,5-6H2,1-2H3,(H2,11,12);5,7H,3-4H2,1-2H3;1-2H,(H2,6,8)/t7-;5-;/m00./s1. The van der Waals surface area contributed by atoms with E-state index in [4.69, 9.17) is 51.9 Å². The average Bonchev–Trinajstić information content (AvgIpc) is 3.31. The molecular weight excluding hydrogens is 456 g/mol. The SMILES string of the molecule is CC1(C)OC[C@H](CO)O1.CC1(C)OC[C@H](COc2ccc(N)nn2)O1.Nc1ccc(Cl)nn1. The van der Waals surface area contributed by atoms with E-state index in [1.54, 1.807) is 24.3 Å². The normalized spacial score (nSPS) is 22.5. The minimum Gasteiger partial charge on any atom is -0.474 e. The molecular formula is C20H31ClN6O6. The number of hydrogen-bond acceptors (Lipinski definition) is 12. The van der Waals surface area contributed by atoms with Crippen LogP contribution in [0.2, 0.25) is 5.15 Å². The number of nitrogen functional groups attached to an aromatic ring is 2. The molecule has 0 spiro atoms. The van der Waals surface area contributed by atoms with Gasteiger partial charge in [-0.25, -0.2) is 0 Å². The van der Waals surface area contributed by atoms with Crippen LogP contribution in [-0.2, 0) is 18.9 Å². The van der Waals surface area contributed by atoms with Gasteiger partial charge >= 0.3 is 0 Å². The first-order valence-electron chi connectivity index (χ1n) is 10.2. The van der Waals surface area contributed by atoms with Crippen LogP contribution < -0.4 is 16.2 Å². The van der Waals surface area contributed by atoms with E-state index in [0.717, 1.165) is 0 Å². The first kappa shape index (κ1) is 26.9. The Hall–Kier alpha value is -2.35. The monoisotopic (exact) mass is 486 g/mol. The summed E-state index contributed by atoms with van der Waals surface area (Å²) in [5.41, 5.74) is 10.6. The van der Waals surface area contributed by atoms with Crippen LogP contribution in [0.4, 0.5) is 11.6 Å². The van der Waals surface area contributed by atoms with Crippen LogP contribution in [0.3, 0.4) is 0 Å². The summed E-state index contributed by atoms with van der Waals surface area (Å²) in [7, 11) is 0. The maximum absolute atomic E-state index is 8.59. The van der Waals surface area contributed by atoms with Crippen molar-refractivity contribution in [3.05, 3.63) is 29.4 Å². The minimum absolute atomic E-state index is 0.0451. The number of nitrogens with two attached hydrogens (primary N) is 2. The Labute approximate surface area is 197 Å². The van der Waals surface area contributed by atoms with Crippen molar-refractivity contribution in [3.63, 3.8) is 0 Å². The second kappa shape index (κ2) is 12.2. The molecule has 2 saturated heterocycles. The van der Waals surface area contributed by atoms with Gasteiger partial charge in [0, 0.05) is 6.07 Å². The quantitative estimate of drug-likeness (QED) is 0.568. The third-order valence-corrected chi connectivity index (χ3v) is 4.27. The molecule has 0 aliphatic carbocycles. The van der Waals surface area contributed by atoms with Crippen molar-refractivity contribution < 1.29 is 28.8 Å². The Balaban J connectivity index is 0.000000192. The lowest BCUT2D eigenvalue weighted by atomic mass is 10.4. The Morgan fingerprint density at radius 3 is 1.82 bits per heavy atom. The van der Waals surface area contributed by atoms with Crippen molar-refractivity contribution in [1.29, 1.82) is 0 Å². The summed E-state index contributed by atoms with van der Waals surface area (Å²) in [6.07, 6.45) is -0.200. The predicted octanol–water partition coefficient (Wildman–Crippen LogP) is 1.43. The lowest BCUT2D eigenvalue weighted by Crippen LogP contribution is -2.25. The van der Waals surface area contributed by atoms with Crippen LogP contribution in [0, 0.1) is 0 Å². The fourth-order valence-electron chi connectivity index (χ4n) is 2.61. The Morgan fingerprint density at radius 1 is 0.909 bits per heavy atom. The molecule has 4 heterocycles. The Kier molecular flexibility index (Phi) is 9.95. The van der Waals surface area contributed by atoms with Gasteiger partial charge < -0.3 is 40.3 Å². The number of rotatable bonds is 4. The number of hydrogen-bond donors (Lipinski definition) is 3. The van der Waals surface area contributed by atoms with Gasteiger partial charge in [0.1, 0.15) is 30.5 Å². The highest BCUT2D eigenvalue weighted by atomic mass is 35.5. The van der Waals surface area contributed by atoms with Gasteiger partial charge in [0.15, 0.2) is 16.7 Å². The van der Waals surface area contributed by atoms with E-state index in [9.17, 15) is 0 Å². The van der Waals surface area contributed by atoms with E-state index in [-0.39, 0.29) is 18.8 Å². The summed E-state index contributed by atoms with van der Waals surface area (Å²) in [6.45, 7) is 8.88. The summed E-state index contributed by atoms with van der Waals surface area (Å²) >= 11 is 5.38. The van der Waals surface area contributed by atoms with Gasteiger partial charge in [-0.05, 0) is 45.9 Å². The highest BCUT2D eigenvalue weighted by Crippen LogP contribution is 2.23. The molecule has 0 unspecified atom stereocenters. The van der Waals surface area contributed by atoms with Crippen LogP contribution >= 0.6 is 11.6 Å². The van der Waals surface area contributed by atoms with E-state index < -0.39 is 11.6 Å². The Bertz CT molecular complexity index is 819. The summed E-state index contributed by atoms with van der Waals surface area (Å²) in [6, 6.07) is 6.49. The zero-order valence-corrected chi connectivity index (χ0v) is 19.9. The predicted molar refractivity (Wildman–Crippen MR) is 120 cm³/mol. The molecule has 2 aromatic heterocycles. The maximum Gasteiger partial charge on any atom is 0.233 e. The number of aliphatic hydroxyl groups excluding tert-OH is 1. The number of halogens is 1. The van der Waals surface area contributed by atoms with Crippen LogP contribution in [0.5, 0.6) is 5.88 Å². The molecule has 0 bridgehead atoms. The molecule has 0 saturated carbocycles. The second-order valence-electron chi connectivity index (χ2n) is 7.97. The summed E-state index contributed by atoms with van der Waals surface area (Å²) in [5.74, 6) is 0.166. The van der Waals surface area contributed by atoms with Crippen molar-refractivity contribution in [3.8, 4) is 5.88 Å². The number of aromatic nitrogens is 4. The molecule has 2 aliphatic rings. The van der Waals surface area contributed by atoms with Gasteiger partial charge in [-0.15, -0.1) is 20.4 Å². The zero-order valence-electron chi connectivity index (χ0n) is 19.1. The summed E-state index contributed by atoms with van der Waals surface area (Å²) in [5, 5.41) is 23.4. The smallest absolute Gasteiger partial charge is 0.233 e. The zero-order chi connectivity index (χ0) is 24.5. The van der Waals surface area contributed by atoms with Crippen LogP contribution in [0.25, 0.3) is 0 Å². The molecule has 33 heavy (non-hydrogen) atoms. The van der Waals surface area contributed by atoms with Crippen molar-refractivity contribution in [2.75, 3.05) is 37.9 Å². The summed E-state index contributed by atoms with van der Waals surface area (Å²) in [4.78, 5) is 0. The largest absolute Gasteiger partial charge is 0.474 e. The highest BCUT2D eigenvalue weighted by Gasteiger charge is 2.33. The van der Waals surface area contributed by atoms with Gasteiger partial charge in [0.2, 0.25) is 5.88 Å². The molecule has 0 amide bonds. The molecule has 12 nitrogen and oxygen atoms in total. The van der Waals surface area contributed by atoms with E-state index >= 15 is 0 Å². The number of ether oxygens (including phenoxy) is 5. The van der Waals surface area contributed by atoms with Gasteiger partial charge in [0.25, 0.3) is 0 Å². The van der Waals surface area contributed by atoms with E-state index in [2.05, 4.69) is 20.4 Å². The molecule has 0 radical (unpaired) electrons. The first-order chi connectivity index (χ1) is 15.5. The second-order valence-corrected chi connectivity index (χ2v) is 8.36. The van der Waals surface area contributed by atoms with Gasteiger partial charge in [0.05, 0.1) is 19.8 Å². The topological polar surface area (TPSA) is 170 Å². The van der Waals surface area contributed by atoms with Crippen molar-refractivity contribution in [2.24, 2.45) is 0 Å². The van der Waals surface area contributed by atoms with Crippen LogP contribution in [-0.4, -0.2) is 75.7 Å². The first-order valence-corrected chi connectivity index (χ1v) is 10.6. The van der Waals surface area contributed by atoms with Crippen molar-refractivity contribution in [1.82, 2.24) is 20.4 Å². The molecule has 0 aromatic carbocycles.